The van der Waals surface area contributed by atoms with Crippen molar-refractivity contribution in [3.05, 3.63) is 64.4 Å². The molecule has 1 atom stereocenters. The van der Waals surface area contributed by atoms with Crippen LogP contribution in [0.2, 0.25) is 0 Å². The van der Waals surface area contributed by atoms with Crippen molar-refractivity contribution in [3.8, 4) is 5.88 Å². The Hall–Kier alpha value is -2.01. The van der Waals surface area contributed by atoms with Crippen LogP contribution in [0.4, 0.5) is 4.39 Å². The highest BCUT2D eigenvalue weighted by atomic mass is 35.5. The number of aromatic nitrogens is 1. The smallest absolute Gasteiger partial charge is 0.213 e. The van der Waals surface area contributed by atoms with Gasteiger partial charge in [-0.05, 0) is 22.4 Å². The lowest BCUT2D eigenvalue weighted by Gasteiger charge is -2.06. The van der Waals surface area contributed by atoms with Gasteiger partial charge >= 0.3 is 0 Å². The van der Waals surface area contributed by atoms with Crippen molar-refractivity contribution < 1.29 is 9.13 Å². The molecule has 0 saturated heterocycles. The summed E-state index contributed by atoms with van der Waals surface area (Å²) < 4.78 is 18.1. The van der Waals surface area contributed by atoms with E-state index in [1.807, 2.05) is 24.3 Å². The monoisotopic (exact) mass is 294 g/mol. The van der Waals surface area contributed by atoms with Gasteiger partial charge in [0.1, 0.15) is 12.4 Å². The number of hydrogen-bond acceptors (Lipinski definition) is 4. The van der Waals surface area contributed by atoms with Crippen LogP contribution in [0.3, 0.4) is 0 Å². The first-order valence-corrected chi connectivity index (χ1v) is 6.40. The fraction of sp³-hybridized carbons (Fsp3) is 0.214. The Morgan fingerprint density at radius 3 is 2.50 bits per heavy atom. The first-order chi connectivity index (χ1) is 9.67. The van der Waals surface area contributed by atoms with Crippen LogP contribution in [0, 0.1) is 10.7 Å². The lowest BCUT2D eigenvalue weighted by molar-refractivity contribution is 0.293. The van der Waals surface area contributed by atoms with Crippen molar-refractivity contribution in [2.45, 2.75) is 18.5 Å². The molecule has 1 aromatic carbocycles. The second-order valence-electron chi connectivity index (χ2n) is 4.16. The molecule has 4 nitrogen and oxygen atoms in total. The molecule has 0 bridgehead atoms. The van der Waals surface area contributed by atoms with Gasteiger partial charge in [0.2, 0.25) is 5.88 Å². The average Bonchev–Trinajstić information content (AvgIpc) is 2.48. The van der Waals surface area contributed by atoms with Gasteiger partial charge in [0, 0.05) is 12.5 Å². The summed E-state index contributed by atoms with van der Waals surface area (Å²) in [7, 11) is 0. The van der Waals surface area contributed by atoms with E-state index in [2.05, 4.69) is 10.2 Å². The van der Waals surface area contributed by atoms with Gasteiger partial charge in [-0.1, -0.05) is 35.9 Å². The number of nitrogens with zero attached hydrogens (tertiary/aromatic N) is 2. The van der Waals surface area contributed by atoms with Gasteiger partial charge in [-0.3, -0.25) is 0 Å². The number of alkyl halides is 1. The molecule has 2 aromatic rings. The van der Waals surface area contributed by atoms with Crippen LogP contribution in [0.5, 0.6) is 5.88 Å². The molecular weight excluding hydrogens is 283 g/mol. The normalized spacial score (nSPS) is 11.9. The Labute approximate surface area is 120 Å². The summed E-state index contributed by atoms with van der Waals surface area (Å²) in [5.41, 5.74) is 1.11. The zero-order valence-corrected chi connectivity index (χ0v) is 11.3. The Balaban J connectivity index is 1.90. The van der Waals surface area contributed by atoms with Crippen molar-refractivity contribution in [3.63, 3.8) is 0 Å². The second kappa shape index (κ2) is 6.96. The molecule has 0 aliphatic carbocycles. The van der Waals surface area contributed by atoms with Gasteiger partial charge in [0.15, 0.2) is 5.50 Å². The molecule has 0 amide bonds. The summed E-state index contributed by atoms with van der Waals surface area (Å²) in [5.74, 6) is -0.0393. The zero-order valence-electron chi connectivity index (χ0n) is 10.5. The highest BCUT2D eigenvalue weighted by molar-refractivity contribution is 6.20. The molecule has 2 rings (SSSR count). The van der Waals surface area contributed by atoms with Crippen molar-refractivity contribution in [2.24, 2.45) is 5.18 Å². The lowest BCUT2D eigenvalue weighted by Crippen LogP contribution is -2.00. The number of hydrogen-bond donors (Lipinski definition) is 0. The van der Waals surface area contributed by atoms with Gasteiger partial charge < -0.3 is 4.74 Å². The first kappa shape index (κ1) is 14.4. The minimum atomic E-state index is -0.750. The predicted octanol–water partition coefficient (Wildman–Crippen LogP) is 3.67. The quantitative estimate of drug-likeness (QED) is 0.464. The van der Waals surface area contributed by atoms with E-state index in [9.17, 15) is 9.30 Å². The highest BCUT2D eigenvalue weighted by Crippen LogP contribution is 2.13. The third-order valence-corrected chi connectivity index (χ3v) is 2.86. The largest absolute Gasteiger partial charge is 0.473 e. The molecule has 20 heavy (non-hydrogen) atoms. The van der Waals surface area contributed by atoms with E-state index >= 15 is 0 Å². The molecule has 104 valence electrons. The molecule has 0 fully saturated rings. The zero-order chi connectivity index (χ0) is 14.4. The van der Waals surface area contributed by atoms with Crippen LogP contribution in [-0.4, -0.2) is 10.5 Å². The molecule has 1 heterocycles. The number of ether oxygens (including phenoxy) is 1. The first-order valence-electron chi connectivity index (χ1n) is 5.96. The van der Waals surface area contributed by atoms with E-state index in [4.69, 9.17) is 16.3 Å². The standard InChI is InChI=1S/C14H12ClFN2O2/c15-13(18-19)7-10-1-3-11(4-2-10)9-20-14-6-5-12(16)8-17-14/h1-6,8,13H,7,9H2. The topological polar surface area (TPSA) is 51.5 Å². The molecule has 0 saturated carbocycles. The van der Waals surface area contributed by atoms with Gasteiger partial charge in [0.25, 0.3) is 0 Å². The maximum absolute atomic E-state index is 12.7. The molecule has 0 spiro atoms. The fourth-order valence-electron chi connectivity index (χ4n) is 1.61. The van der Waals surface area contributed by atoms with E-state index in [0.717, 1.165) is 17.3 Å². The summed E-state index contributed by atoms with van der Waals surface area (Å²) in [6.07, 6.45) is 1.50. The fourth-order valence-corrected chi connectivity index (χ4v) is 1.79. The summed E-state index contributed by atoms with van der Waals surface area (Å²) in [6.45, 7) is 0.329. The number of nitroso groups, excluding NO2 is 1. The average molecular weight is 295 g/mol. The Morgan fingerprint density at radius 1 is 1.20 bits per heavy atom. The van der Waals surface area contributed by atoms with Crippen molar-refractivity contribution in [1.29, 1.82) is 0 Å². The van der Waals surface area contributed by atoms with E-state index in [1.165, 1.54) is 12.1 Å². The summed E-state index contributed by atoms with van der Waals surface area (Å²) in [4.78, 5) is 14.0. The highest BCUT2D eigenvalue weighted by Gasteiger charge is 2.05. The second-order valence-corrected chi connectivity index (χ2v) is 4.67. The molecule has 0 aliphatic heterocycles. The van der Waals surface area contributed by atoms with Crippen LogP contribution >= 0.6 is 11.6 Å². The number of benzene rings is 1. The van der Waals surface area contributed by atoms with Crippen LogP contribution in [0.1, 0.15) is 11.1 Å². The van der Waals surface area contributed by atoms with Crippen LogP contribution in [0.15, 0.2) is 47.8 Å². The van der Waals surface area contributed by atoms with Gasteiger partial charge in [0.05, 0.1) is 6.20 Å². The number of pyridine rings is 1. The van der Waals surface area contributed by atoms with Crippen LogP contribution in [-0.2, 0) is 13.0 Å². The summed E-state index contributed by atoms with van der Waals surface area (Å²) >= 11 is 5.65. The van der Waals surface area contributed by atoms with E-state index in [0.29, 0.717) is 18.9 Å². The summed E-state index contributed by atoms with van der Waals surface area (Å²) in [5, 5.41) is 2.74. The van der Waals surface area contributed by atoms with E-state index < -0.39 is 11.3 Å². The maximum Gasteiger partial charge on any atom is 0.213 e. The third kappa shape index (κ3) is 4.28. The maximum atomic E-state index is 12.7. The van der Waals surface area contributed by atoms with Crippen LogP contribution in [0.25, 0.3) is 0 Å². The van der Waals surface area contributed by atoms with Crippen LogP contribution < -0.4 is 4.74 Å². The van der Waals surface area contributed by atoms with E-state index in [-0.39, 0.29) is 0 Å². The minimum absolute atomic E-state index is 0.329. The van der Waals surface area contributed by atoms with E-state index in [1.54, 1.807) is 0 Å². The molecule has 0 N–H and O–H groups in total. The SMILES string of the molecule is O=NC(Cl)Cc1ccc(COc2ccc(F)cn2)cc1. The number of rotatable bonds is 6. The van der Waals surface area contributed by atoms with Gasteiger partial charge in [-0.25, -0.2) is 9.37 Å². The van der Waals surface area contributed by atoms with Crippen molar-refractivity contribution in [1.82, 2.24) is 4.98 Å². The molecule has 1 unspecified atom stereocenters. The summed E-state index contributed by atoms with van der Waals surface area (Å²) in [6, 6.07) is 10.2. The molecular formula is C14H12ClFN2O2. The molecule has 0 radical (unpaired) electrons. The van der Waals surface area contributed by atoms with Crippen molar-refractivity contribution >= 4 is 11.6 Å². The molecule has 1 aromatic heterocycles. The number of halogens is 2. The molecule has 6 heteroatoms. The Kier molecular flexibility index (Phi) is 5.01. The Morgan fingerprint density at radius 2 is 1.90 bits per heavy atom. The van der Waals surface area contributed by atoms with Crippen molar-refractivity contribution in [2.75, 3.05) is 0 Å². The molecule has 0 aliphatic rings. The Bertz CT molecular complexity index is 560. The lowest BCUT2D eigenvalue weighted by atomic mass is 10.1. The predicted molar refractivity (Wildman–Crippen MR) is 74.1 cm³/mol. The third-order valence-electron chi connectivity index (χ3n) is 2.63. The van der Waals surface area contributed by atoms with Gasteiger partial charge in [-0.15, -0.1) is 4.91 Å². The van der Waals surface area contributed by atoms with Gasteiger partial charge in [-0.2, -0.15) is 0 Å². The minimum Gasteiger partial charge on any atom is -0.473 e.